The van der Waals surface area contributed by atoms with Crippen molar-refractivity contribution in [1.82, 2.24) is 14.1 Å². The van der Waals surface area contributed by atoms with E-state index in [0.29, 0.717) is 18.0 Å². The van der Waals surface area contributed by atoms with Gasteiger partial charge in [0.05, 0.1) is 5.69 Å². The third-order valence-electron chi connectivity index (χ3n) is 6.21. The molecule has 0 bridgehead atoms. The second kappa shape index (κ2) is 5.29. The highest BCUT2D eigenvalue weighted by Crippen LogP contribution is 2.49. The van der Waals surface area contributed by atoms with Crippen LogP contribution in [0, 0.1) is 5.41 Å². The minimum Gasteiger partial charge on any atom is -0.326 e. The molecule has 1 spiro atoms. The third kappa shape index (κ3) is 2.36. The van der Waals surface area contributed by atoms with Crippen molar-refractivity contribution in [2.24, 2.45) is 18.2 Å². The summed E-state index contributed by atoms with van der Waals surface area (Å²) >= 11 is 0. The van der Waals surface area contributed by atoms with Gasteiger partial charge in [0, 0.05) is 43.7 Å². The molecule has 6 nitrogen and oxygen atoms in total. The van der Waals surface area contributed by atoms with Crippen molar-refractivity contribution >= 4 is 10.0 Å². The van der Waals surface area contributed by atoms with Crippen molar-refractivity contribution in [3.8, 4) is 0 Å². The Morgan fingerprint density at radius 1 is 1.26 bits per heavy atom. The maximum Gasteiger partial charge on any atom is 0.246 e. The van der Waals surface area contributed by atoms with Gasteiger partial charge < -0.3 is 5.73 Å². The summed E-state index contributed by atoms with van der Waals surface area (Å²) < 4.78 is 29.7. The maximum absolute atomic E-state index is 13.2. The van der Waals surface area contributed by atoms with Gasteiger partial charge in [-0.1, -0.05) is 19.3 Å². The summed E-state index contributed by atoms with van der Waals surface area (Å²) in [6.07, 6.45) is 9.39. The third-order valence-corrected chi connectivity index (χ3v) is 8.04. The number of hydrogen-bond acceptors (Lipinski definition) is 4. The van der Waals surface area contributed by atoms with Gasteiger partial charge in [-0.2, -0.15) is 9.40 Å². The number of hydrogen-bond donors (Lipinski definition) is 1. The first kappa shape index (κ1) is 15.6. The van der Waals surface area contributed by atoms with Crippen LogP contribution >= 0.6 is 0 Å². The fourth-order valence-electron chi connectivity index (χ4n) is 4.59. The average molecular weight is 338 g/mol. The van der Waals surface area contributed by atoms with E-state index >= 15 is 0 Å². The maximum atomic E-state index is 13.2. The predicted octanol–water partition coefficient (Wildman–Crippen LogP) is 1.58. The Morgan fingerprint density at radius 2 is 1.96 bits per heavy atom. The quantitative estimate of drug-likeness (QED) is 0.907. The summed E-state index contributed by atoms with van der Waals surface area (Å²) in [4.78, 5) is 0.412. The van der Waals surface area contributed by atoms with Gasteiger partial charge in [0.15, 0.2) is 0 Å². The molecule has 2 N–H and O–H groups in total. The van der Waals surface area contributed by atoms with Gasteiger partial charge in [-0.15, -0.1) is 0 Å². The number of nitrogens with zero attached hydrogens (tertiary/aromatic N) is 3. The van der Waals surface area contributed by atoms with Gasteiger partial charge in [0.2, 0.25) is 10.0 Å². The van der Waals surface area contributed by atoms with Crippen LogP contribution in [0.2, 0.25) is 0 Å². The highest BCUT2D eigenvalue weighted by atomic mass is 32.2. The van der Waals surface area contributed by atoms with E-state index in [9.17, 15) is 8.42 Å². The molecule has 1 aromatic heterocycles. The van der Waals surface area contributed by atoms with Crippen molar-refractivity contribution in [3.05, 3.63) is 11.9 Å². The summed E-state index contributed by atoms with van der Waals surface area (Å²) in [6.45, 7) is 1.02. The molecule has 0 amide bonds. The summed E-state index contributed by atoms with van der Waals surface area (Å²) in [6, 6.07) is -0.0300. The Kier molecular flexibility index (Phi) is 3.59. The van der Waals surface area contributed by atoms with E-state index in [1.807, 2.05) is 0 Å². The first-order chi connectivity index (χ1) is 10.9. The summed E-state index contributed by atoms with van der Waals surface area (Å²) in [5.74, 6) is 0.287. The molecule has 0 aromatic carbocycles. The number of nitrogens with two attached hydrogens (primary N) is 1. The normalized spacial score (nSPS) is 28.5. The van der Waals surface area contributed by atoms with Crippen LogP contribution in [0.5, 0.6) is 0 Å². The van der Waals surface area contributed by atoms with E-state index in [4.69, 9.17) is 5.73 Å². The number of rotatable bonds is 3. The van der Waals surface area contributed by atoms with E-state index in [1.54, 1.807) is 22.2 Å². The fraction of sp³-hybridized carbons (Fsp3) is 0.812. The predicted molar refractivity (Wildman–Crippen MR) is 87.4 cm³/mol. The van der Waals surface area contributed by atoms with Crippen molar-refractivity contribution in [1.29, 1.82) is 0 Å². The van der Waals surface area contributed by atoms with Crippen LogP contribution in [0.4, 0.5) is 0 Å². The van der Waals surface area contributed by atoms with Crippen LogP contribution in [0.15, 0.2) is 11.1 Å². The van der Waals surface area contributed by atoms with Crippen LogP contribution in [0.3, 0.4) is 0 Å². The van der Waals surface area contributed by atoms with Gasteiger partial charge in [-0.05, 0) is 25.7 Å². The fourth-order valence-corrected chi connectivity index (χ4v) is 6.41. The molecule has 1 aliphatic heterocycles. The molecule has 4 rings (SSSR count). The molecule has 2 aliphatic carbocycles. The topological polar surface area (TPSA) is 81.2 Å². The number of sulfonamides is 1. The number of aryl methyl sites for hydroxylation is 1. The van der Waals surface area contributed by atoms with Crippen molar-refractivity contribution < 1.29 is 8.42 Å². The molecular weight excluding hydrogens is 312 g/mol. The Bertz CT molecular complexity index is 702. The first-order valence-electron chi connectivity index (χ1n) is 8.72. The summed E-state index contributed by atoms with van der Waals surface area (Å²) in [5, 5.41) is 4.50. The largest absolute Gasteiger partial charge is 0.326 e. The van der Waals surface area contributed by atoms with Gasteiger partial charge >= 0.3 is 0 Å². The molecule has 2 heterocycles. The highest BCUT2D eigenvalue weighted by molar-refractivity contribution is 7.89. The van der Waals surface area contributed by atoms with Gasteiger partial charge in [0.1, 0.15) is 4.90 Å². The zero-order valence-electron chi connectivity index (χ0n) is 13.7. The molecule has 7 heteroatoms. The van der Waals surface area contributed by atoms with Crippen molar-refractivity contribution in [2.75, 3.05) is 13.1 Å². The lowest BCUT2D eigenvalue weighted by molar-refractivity contribution is 0.133. The molecule has 0 radical (unpaired) electrons. The lowest BCUT2D eigenvalue weighted by atomic mass is 9.66. The highest BCUT2D eigenvalue weighted by Gasteiger charge is 2.52. The van der Waals surface area contributed by atoms with E-state index < -0.39 is 10.0 Å². The molecule has 128 valence electrons. The average Bonchev–Trinajstić information content (AvgIpc) is 3.14. The van der Waals surface area contributed by atoms with E-state index in [1.165, 1.54) is 19.3 Å². The molecule has 1 saturated heterocycles. The van der Waals surface area contributed by atoms with Crippen molar-refractivity contribution in [3.63, 3.8) is 0 Å². The molecule has 3 fully saturated rings. The summed E-state index contributed by atoms with van der Waals surface area (Å²) in [7, 11) is -1.69. The Hall–Kier alpha value is -0.920. The first-order valence-corrected chi connectivity index (χ1v) is 10.2. The summed E-state index contributed by atoms with van der Waals surface area (Å²) in [5.41, 5.74) is 7.08. The Balaban J connectivity index is 1.67. The van der Waals surface area contributed by atoms with E-state index in [2.05, 4.69) is 5.10 Å². The molecule has 2 saturated carbocycles. The molecule has 1 unspecified atom stereocenters. The van der Waals surface area contributed by atoms with Crippen LogP contribution in [-0.2, 0) is 17.1 Å². The zero-order chi connectivity index (χ0) is 16.2. The monoisotopic (exact) mass is 338 g/mol. The van der Waals surface area contributed by atoms with Crippen LogP contribution < -0.4 is 5.73 Å². The minimum atomic E-state index is -3.50. The molecule has 3 aliphatic rings. The second-order valence-electron chi connectivity index (χ2n) is 7.65. The van der Waals surface area contributed by atoms with Gasteiger partial charge in [-0.3, -0.25) is 4.68 Å². The lowest BCUT2D eigenvalue weighted by Gasteiger charge is -2.41. The molecule has 1 atom stereocenters. The standard InChI is InChI=1S/C16H26N4O2S/c1-19-9-13(15(18-19)12-5-2-3-6-12)23(21,22)20-10-14(17)16(11-20)7-4-8-16/h9,12,14H,2-8,10-11,17H2,1H3. The van der Waals surface area contributed by atoms with Crippen LogP contribution in [0.1, 0.15) is 56.6 Å². The lowest BCUT2D eigenvalue weighted by Crippen LogP contribution is -2.45. The zero-order valence-corrected chi connectivity index (χ0v) is 14.6. The molecule has 23 heavy (non-hydrogen) atoms. The van der Waals surface area contributed by atoms with Crippen LogP contribution in [0.25, 0.3) is 0 Å². The van der Waals surface area contributed by atoms with E-state index in [-0.39, 0.29) is 17.4 Å². The molecule has 1 aromatic rings. The Morgan fingerprint density at radius 3 is 2.52 bits per heavy atom. The Labute approximate surface area is 138 Å². The van der Waals surface area contributed by atoms with Gasteiger partial charge in [0.25, 0.3) is 0 Å². The second-order valence-corrected chi connectivity index (χ2v) is 9.56. The van der Waals surface area contributed by atoms with Gasteiger partial charge in [-0.25, -0.2) is 8.42 Å². The molecular formula is C16H26N4O2S. The van der Waals surface area contributed by atoms with E-state index in [0.717, 1.165) is 31.4 Å². The number of aromatic nitrogens is 2. The van der Waals surface area contributed by atoms with Crippen molar-refractivity contribution in [2.45, 2.75) is 61.8 Å². The van der Waals surface area contributed by atoms with Crippen LogP contribution in [-0.4, -0.2) is 41.6 Å². The minimum absolute atomic E-state index is 0.0300. The smallest absolute Gasteiger partial charge is 0.246 e. The SMILES string of the molecule is Cn1cc(S(=O)(=O)N2CC(N)C3(CCC3)C2)c(C2CCCC2)n1.